The van der Waals surface area contributed by atoms with Gasteiger partial charge in [0, 0.05) is 37.8 Å². The molecule has 1 saturated carbocycles. The summed E-state index contributed by atoms with van der Waals surface area (Å²) in [4.78, 5) is 19.8. The van der Waals surface area contributed by atoms with Gasteiger partial charge in [-0.15, -0.1) is 10.2 Å². The summed E-state index contributed by atoms with van der Waals surface area (Å²) in [6, 6.07) is 4.13. The van der Waals surface area contributed by atoms with Crippen molar-refractivity contribution in [3.8, 4) is 6.07 Å². The molecule has 4 N–H and O–H groups in total. The number of nitriles is 1. The molecule has 0 bridgehead atoms. The fourth-order valence-electron chi connectivity index (χ4n) is 4.15. The van der Waals surface area contributed by atoms with Crippen LogP contribution >= 0.6 is 0 Å². The number of aromatic nitrogens is 3. The molecular weight excluding hydrogens is 356 g/mol. The van der Waals surface area contributed by atoms with Crippen LogP contribution in [0.3, 0.4) is 0 Å². The number of carbonyl (C=O) groups excluding carboxylic acids is 1. The van der Waals surface area contributed by atoms with Gasteiger partial charge in [-0.2, -0.15) is 5.26 Å². The molecule has 2 aromatic heterocycles. The smallest absolute Gasteiger partial charge is 0.243 e. The molecule has 3 heterocycles. The molecule has 0 aromatic carbocycles. The van der Waals surface area contributed by atoms with Gasteiger partial charge in [0.15, 0.2) is 11.3 Å². The molecule has 2 unspecified atom stereocenters. The maximum absolute atomic E-state index is 12.9. The van der Waals surface area contributed by atoms with Gasteiger partial charge in [0.25, 0.3) is 0 Å². The molecule has 9 heteroatoms. The van der Waals surface area contributed by atoms with E-state index in [0.717, 1.165) is 17.5 Å². The van der Waals surface area contributed by atoms with Crippen LogP contribution in [0.1, 0.15) is 31.9 Å². The van der Waals surface area contributed by atoms with Crippen molar-refractivity contribution < 1.29 is 4.79 Å². The topological polar surface area (TPSA) is 139 Å². The first-order valence-electron chi connectivity index (χ1n) is 9.49. The van der Waals surface area contributed by atoms with E-state index >= 15 is 0 Å². The number of amides is 1. The van der Waals surface area contributed by atoms with Crippen molar-refractivity contribution in [3.05, 3.63) is 18.0 Å². The zero-order valence-electron chi connectivity index (χ0n) is 16.1. The van der Waals surface area contributed by atoms with Gasteiger partial charge in [-0.3, -0.25) is 10.2 Å². The van der Waals surface area contributed by atoms with Crippen LogP contribution < -0.4 is 10.6 Å². The van der Waals surface area contributed by atoms with Gasteiger partial charge in [-0.05, 0) is 31.2 Å². The number of nitrogens with one attached hydrogen (secondary N) is 2. The van der Waals surface area contributed by atoms with Crippen LogP contribution in [0, 0.1) is 28.1 Å². The summed E-state index contributed by atoms with van der Waals surface area (Å²) in [5, 5.41) is 26.4. The van der Waals surface area contributed by atoms with Gasteiger partial charge < -0.3 is 20.5 Å². The normalized spacial score (nSPS) is 23.2. The Bertz CT molecular complexity index is 985. The fourth-order valence-corrected chi connectivity index (χ4v) is 4.15. The number of aromatic amines is 1. The predicted molar refractivity (Wildman–Crippen MR) is 105 cm³/mol. The average Bonchev–Trinajstić information content (AvgIpc) is 3.35. The minimum Gasteiger partial charge on any atom is -0.382 e. The van der Waals surface area contributed by atoms with Crippen LogP contribution in [0.4, 0.5) is 5.69 Å². The van der Waals surface area contributed by atoms with E-state index in [4.69, 9.17) is 11.1 Å². The number of nitrogens with two attached hydrogens (primary N) is 1. The number of nitrogens with zero attached hydrogens (tertiary/aromatic N) is 5. The average molecular weight is 380 g/mol. The molecule has 2 aromatic rings. The van der Waals surface area contributed by atoms with Crippen LogP contribution in [-0.4, -0.2) is 58.0 Å². The molecule has 9 nitrogen and oxygen atoms in total. The van der Waals surface area contributed by atoms with Crippen molar-refractivity contribution in [2.24, 2.45) is 17.1 Å². The lowest BCUT2D eigenvalue weighted by atomic mass is 9.90. The minimum absolute atomic E-state index is 0.0209. The summed E-state index contributed by atoms with van der Waals surface area (Å²) < 4.78 is 0. The van der Waals surface area contributed by atoms with Gasteiger partial charge in [0.2, 0.25) is 5.91 Å². The number of rotatable bonds is 4. The van der Waals surface area contributed by atoms with Gasteiger partial charge in [-0.25, -0.2) is 0 Å². The number of nitrogen functional groups attached to an aromatic ring is 1. The van der Waals surface area contributed by atoms with Crippen molar-refractivity contribution in [1.82, 2.24) is 20.1 Å². The fraction of sp³-hybridized carbons (Fsp3) is 0.526. The largest absolute Gasteiger partial charge is 0.382 e. The van der Waals surface area contributed by atoms with Crippen molar-refractivity contribution in [2.45, 2.75) is 32.2 Å². The number of likely N-dealkylation sites (N-methyl/N-ethyl adjacent to an activating group) is 1. The first-order chi connectivity index (χ1) is 13.4. The Kier molecular flexibility index (Phi) is 4.22. The molecule has 28 heavy (non-hydrogen) atoms. The number of anilines is 1. The number of hydrogen-bond donors (Lipinski definition) is 3. The van der Waals surface area contributed by atoms with Gasteiger partial charge in [0.05, 0.1) is 11.8 Å². The number of carbonyl (C=O) groups is 1. The molecule has 2 fully saturated rings. The van der Waals surface area contributed by atoms with Crippen molar-refractivity contribution in [1.29, 1.82) is 10.7 Å². The number of piperidine rings is 1. The number of fused-ring (bicyclic) bond motifs is 1. The zero-order valence-corrected chi connectivity index (χ0v) is 16.1. The Morgan fingerprint density at radius 2 is 2.25 bits per heavy atom. The lowest BCUT2D eigenvalue weighted by Gasteiger charge is -2.43. The van der Waals surface area contributed by atoms with Crippen molar-refractivity contribution in [2.75, 3.05) is 25.0 Å². The Morgan fingerprint density at radius 1 is 1.50 bits per heavy atom. The highest BCUT2D eigenvalue weighted by molar-refractivity contribution is 6.05. The highest BCUT2D eigenvalue weighted by Crippen LogP contribution is 2.47. The van der Waals surface area contributed by atoms with Crippen LogP contribution in [0.5, 0.6) is 0 Å². The number of H-pyrrole nitrogens is 1. The summed E-state index contributed by atoms with van der Waals surface area (Å²) in [6.45, 7) is 3.36. The first-order valence-corrected chi connectivity index (χ1v) is 9.49. The SMILES string of the molecule is CC1CCN(C(=O)C2(C#N)CC2)CC1N(C)c1c(C(=N)N)nnc2[nH]ccc12. The summed E-state index contributed by atoms with van der Waals surface area (Å²) in [5.74, 6) is 0.134. The van der Waals surface area contributed by atoms with Crippen molar-refractivity contribution >= 4 is 28.5 Å². The summed E-state index contributed by atoms with van der Waals surface area (Å²) in [7, 11) is 1.95. The molecule has 1 saturated heterocycles. The molecule has 1 amide bonds. The second kappa shape index (κ2) is 6.48. The van der Waals surface area contributed by atoms with Crippen LogP contribution in [0.2, 0.25) is 0 Å². The minimum atomic E-state index is -0.805. The van der Waals surface area contributed by atoms with E-state index in [1.165, 1.54) is 0 Å². The Labute approximate surface area is 163 Å². The third kappa shape index (κ3) is 2.76. The van der Waals surface area contributed by atoms with Crippen LogP contribution in [-0.2, 0) is 4.79 Å². The third-order valence-electron chi connectivity index (χ3n) is 6.14. The van der Waals surface area contributed by atoms with Gasteiger partial charge in [-0.1, -0.05) is 6.92 Å². The van der Waals surface area contributed by atoms with E-state index in [1.54, 1.807) is 6.20 Å². The number of hydrogen-bond acceptors (Lipinski definition) is 6. The lowest BCUT2D eigenvalue weighted by molar-refractivity contribution is -0.136. The lowest BCUT2D eigenvalue weighted by Crippen LogP contribution is -2.54. The summed E-state index contributed by atoms with van der Waals surface area (Å²) >= 11 is 0. The molecule has 2 atom stereocenters. The molecule has 146 valence electrons. The Hall–Kier alpha value is -3.15. The van der Waals surface area contributed by atoms with Crippen LogP contribution in [0.15, 0.2) is 12.3 Å². The maximum atomic E-state index is 12.9. The van der Waals surface area contributed by atoms with E-state index in [0.29, 0.717) is 43.2 Å². The predicted octanol–water partition coefficient (Wildman–Crippen LogP) is 1.22. The molecule has 0 radical (unpaired) electrons. The monoisotopic (exact) mass is 380 g/mol. The van der Waals surface area contributed by atoms with E-state index in [9.17, 15) is 10.1 Å². The molecule has 2 aliphatic rings. The van der Waals surface area contributed by atoms with E-state index in [2.05, 4.69) is 33.1 Å². The summed E-state index contributed by atoms with van der Waals surface area (Å²) in [6.07, 6.45) is 3.94. The zero-order chi connectivity index (χ0) is 20.1. The first kappa shape index (κ1) is 18.2. The van der Waals surface area contributed by atoms with Crippen molar-refractivity contribution in [3.63, 3.8) is 0 Å². The molecule has 1 aliphatic heterocycles. The van der Waals surface area contributed by atoms with Crippen LogP contribution in [0.25, 0.3) is 11.0 Å². The second-order valence-electron chi connectivity index (χ2n) is 7.94. The van der Waals surface area contributed by atoms with E-state index < -0.39 is 5.41 Å². The van der Waals surface area contributed by atoms with Gasteiger partial charge in [0.1, 0.15) is 11.3 Å². The number of amidine groups is 1. The molecular formula is C19H24N8O. The maximum Gasteiger partial charge on any atom is 0.243 e. The second-order valence-corrected chi connectivity index (χ2v) is 7.94. The molecule has 0 spiro atoms. The quantitative estimate of drug-likeness (QED) is 0.538. The molecule has 1 aliphatic carbocycles. The Balaban J connectivity index is 1.68. The highest BCUT2D eigenvalue weighted by atomic mass is 16.2. The molecule has 4 rings (SSSR count). The highest BCUT2D eigenvalue weighted by Gasteiger charge is 2.53. The number of likely N-dealkylation sites (tertiary alicyclic amines) is 1. The Morgan fingerprint density at radius 3 is 2.89 bits per heavy atom. The van der Waals surface area contributed by atoms with E-state index in [1.807, 2.05) is 18.0 Å². The standard InChI is InChI=1S/C19H24N8O/c1-11-4-8-27(18(28)19(10-20)5-6-19)9-13(11)26(2)15-12-3-7-23-17(12)25-24-14(15)16(21)22/h3,7,11,13H,4-6,8-9H2,1-2H3,(H3,21,22)(H,23,25). The third-order valence-corrected chi connectivity index (χ3v) is 6.14. The van der Waals surface area contributed by atoms with Gasteiger partial charge >= 0.3 is 0 Å². The van der Waals surface area contributed by atoms with E-state index in [-0.39, 0.29) is 17.8 Å². The summed E-state index contributed by atoms with van der Waals surface area (Å²) in [5.41, 5.74) is 6.68.